The van der Waals surface area contributed by atoms with Crippen molar-refractivity contribution in [2.45, 2.75) is 6.42 Å². The zero-order valence-corrected chi connectivity index (χ0v) is 14.3. The second-order valence-electron chi connectivity index (χ2n) is 5.53. The van der Waals surface area contributed by atoms with Gasteiger partial charge in [-0.3, -0.25) is 0 Å². The Kier molecular flexibility index (Phi) is 5.53. The van der Waals surface area contributed by atoms with Crippen molar-refractivity contribution in [3.8, 4) is 17.2 Å². The molecule has 1 aliphatic rings. The second-order valence-corrected chi connectivity index (χ2v) is 5.53. The number of hydrogen-bond donors (Lipinski definition) is 0. The molecule has 6 nitrogen and oxygen atoms in total. The van der Waals surface area contributed by atoms with Crippen LogP contribution in [0.5, 0.6) is 17.2 Å². The maximum atomic E-state index is 11.9. The summed E-state index contributed by atoms with van der Waals surface area (Å²) < 4.78 is 21.0. The number of carbonyl (C=O) groups excluding carboxylic acids is 2. The normalized spacial score (nSPS) is 13.1. The van der Waals surface area contributed by atoms with Crippen molar-refractivity contribution in [1.29, 1.82) is 0 Å². The molecule has 0 spiro atoms. The predicted octanol–water partition coefficient (Wildman–Crippen LogP) is 3.25. The zero-order chi connectivity index (χ0) is 18.4. The van der Waals surface area contributed by atoms with Crippen molar-refractivity contribution in [3.63, 3.8) is 0 Å². The lowest BCUT2D eigenvalue weighted by molar-refractivity contribution is -0.128. The van der Waals surface area contributed by atoms with E-state index in [0.29, 0.717) is 36.0 Å². The first-order valence-corrected chi connectivity index (χ1v) is 8.13. The molecule has 0 N–H and O–H groups in total. The molecule has 6 heteroatoms. The van der Waals surface area contributed by atoms with Gasteiger partial charge >= 0.3 is 11.9 Å². The van der Waals surface area contributed by atoms with Crippen molar-refractivity contribution in [1.82, 2.24) is 0 Å². The molecule has 0 amide bonds. The van der Waals surface area contributed by atoms with Crippen LogP contribution in [0.25, 0.3) is 6.08 Å². The summed E-state index contributed by atoms with van der Waals surface area (Å²) in [6.07, 6.45) is 3.80. The Morgan fingerprint density at radius 2 is 1.73 bits per heavy atom. The molecule has 0 aliphatic carbocycles. The van der Waals surface area contributed by atoms with Crippen LogP contribution >= 0.6 is 0 Å². The number of ether oxygens (including phenoxy) is 4. The van der Waals surface area contributed by atoms with E-state index in [1.54, 1.807) is 6.08 Å². The smallest absolute Gasteiger partial charge is 0.337 e. The Hall–Kier alpha value is -3.28. The fourth-order valence-corrected chi connectivity index (χ4v) is 2.37. The van der Waals surface area contributed by atoms with Gasteiger partial charge < -0.3 is 18.9 Å². The number of hydrogen-bond acceptors (Lipinski definition) is 6. The van der Waals surface area contributed by atoms with Gasteiger partial charge in [0.25, 0.3) is 0 Å². The van der Waals surface area contributed by atoms with Gasteiger partial charge in [0.15, 0.2) is 11.5 Å². The minimum atomic E-state index is -0.525. The molecule has 0 saturated heterocycles. The van der Waals surface area contributed by atoms with Gasteiger partial charge in [0.05, 0.1) is 25.9 Å². The predicted molar refractivity (Wildman–Crippen MR) is 94.5 cm³/mol. The highest BCUT2D eigenvalue weighted by Gasteiger charge is 2.10. The van der Waals surface area contributed by atoms with Crippen molar-refractivity contribution >= 4 is 18.0 Å². The maximum absolute atomic E-state index is 11.9. The number of fused-ring (bicyclic) bond motifs is 1. The van der Waals surface area contributed by atoms with Crippen LogP contribution in [0.3, 0.4) is 0 Å². The number of esters is 2. The molecule has 26 heavy (non-hydrogen) atoms. The molecule has 1 aliphatic heterocycles. The van der Waals surface area contributed by atoms with E-state index < -0.39 is 11.9 Å². The van der Waals surface area contributed by atoms with Crippen molar-refractivity contribution in [2.75, 3.05) is 20.3 Å². The highest BCUT2D eigenvalue weighted by atomic mass is 16.5. The molecule has 134 valence electrons. The minimum Gasteiger partial charge on any atom is -0.490 e. The van der Waals surface area contributed by atoms with Crippen LogP contribution in [0.1, 0.15) is 22.3 Å². The first-order valence-electron chi connectivity index (χ1n) is 8.13. The highest BCUT2D eigenvalue weighted by molar-refractivity contribution is 5.90. The van der Waals surface area contributed by atoms with E-state index in [0.717, 1.165) is 12.0 Å². The Bertz CT molecular complexity index is 823. The molecule has 0 unspecified atom stereocenters. The third-order valence-electron chi connectivity index (χ3n) is 3.68. The molecule has 2 aromatic carbocycles. The van der Waals surface area contributed by atoms with Crippen LogP contribution in [-0.2, 0) is 9.53 Å². The Morgan fingerprint density at radius 3 is 2.46 bits per heavy atom. The standard InChI is InChI=1S/C20H18O6/c1-23-20(22)15-5-7-16(8-6-15)26-19(21)10-4-14-3-9-17-18(13-14)25-12-2-11-24-17/h3-10,13H,2,11-12H2,1H3/b10-4+. The summed E-state index contributed by atoms with van der Waals surface area (Å²) in [6.45, 7) is 1.23. The van der Waals surface area contributed by atoms with Crippen LogP contribution in [0, 0.1) is 0 Å². The van der Waals surface area contributed by atoms with E-state index in [-0.39, 0.29) is 0 Å². The second kappa shape index (κ2) is 8.20. The van der Waals surface area contributed by atoms with Gasteiger partial charge in [-0.05, 0) is 48.0 Å². The number of rotatable bonds is 4. The molecule has 2 aromatic rings. The van der Waals surface area contributed by atoms with E-state index >= 15 is 0 Å². The fourth-order valence-electron chi connectivity index (χ4n) is 2.37. The average molecular weight is 354 g/mol. The van der Waals surface area contributed by atoms with Crippen LogP contribution in [0.2, 0.25) is 0 Å². The van der Waals surface area contributed by atoms with E-state index in [4.69, 9.17) is 14.2 Å². The van der Waals surface area contributed by atoms with Crippen molar-refractivity contribution in [2.24, 2.45) is 0 Å². The number of benzene rings is 2. The third kappa shape index (κ3) is 4.42. The fraction of sp³-hybridized carbons (Fsp3) is 0.200. The monoisotopic (exact) mass is 354 g/mol. The molecule has 0 fully saturated rings. The van der Waals surface area contributed by atoms with Gasteiger partial charge in [0.2, 0.25) is 0 Å². The van der Waals surface area contributed by atoms with Crippen LogP contribution in [-0.4, -0.2) is 32.3 Å². The van der Waals surface area contributed by atoms with E-state index in [1.807, 2.05) is 18.2 Å². The summed E-state index contributed by atoms with van der Waals surface area (Å²) in [5.74, 6) is 0.732. The first-order chi connectivity index (χ1) is 12.7. The Balaban J connectivity index is 1.62. The van der Waals surface area contributed by atoms with E-state index in [9.17, 15) is 9.59 Å². The molecular weight excluding hydrogens is 336 g/mol. The molecule has 0 aromatic heterocycles. The van der Waals surface area contributed by atoms with Crippen molar-refractivity contribution < 1.29 is 28.5 Å². The van der Waals surface area contributed by atoms with Crippen LogP contribution in [0.4, 0.5) is 0 Å². The van der Waals surface area contributed by atoms with Gasteiger partial charge in [0, 0.05) is 12.5 Å². The molecule has 1 heterocycles. The van der Waals surface area contributed by atoms with E-state index in [2.05, 4.69) is 4.74 Å². The summed E-state index contributed by atoms with van der Waals surface area (Å²) in [5, 5.41) is 0. The van der Waals surface area contributed by atoms with E-state index in [1.165, 1.54) is 37.5 Å². The molecular formula is C20H18O6. The lowest BCUT2D eigenvalue weighted by Gasteiger charge is -2.07. The minimum absolute atomic E-state index is 0.339. The van der Waals surface area contributed by atoms with Gasteiger partial charge in [0.1, 0.15) is 5.75 Å². The summed E-state index contributed by atoms with van der Waals surface area (Å²) in [6, 6.07) is 11.6. The van der Waals surface area contributed by atoms with Crippen molar-refractivity contribution in [3.05, 3.63) is 59.7 Å². The molecule has 0 atom stereocenters. The highest BCUT2D eigenvalue weighted by Crippen LogP contribution is 2.30. The molecule has 0 bridgehead atoms. The first kappa shape index (κ1) is 17.5. The topological polar surface area (TPSA) is 71.1 Å². The summed E-state index contributed by atoms with van der Waals surface area (Å²) in [4.78, 5) is 23.3. The largest absolute Gasteiger partial charge is 0.490 e. The van der Waals surface area contributed by atoms with Gasteiger partial charge in [-0.15, -0.1) is 0 Å². The molecule has 0 radical (unpaired) electrons. The Morgan fingerprint density at radius 1 is 1.00 bits per heavy atom. The van der Waals surface area contributed by atoms with Gasteiger partial charge in [-0.2, -0.15) is 0 Å². The Labute approximate surface area is 150 Å². The quantitative estimate of drug-likeness (QED) is 0.477. The SMILES string of the molecule is COC(=O)c1ccc(OC(=O)/C=C/c2ccc3c(c2)OCCCO3)cc1. The number of methoxy groups -OCH3 is 1. The lowest BCUT2D eigenvalue weighted by Crippen LogP contribution is -2.05. The van der Waals surface area contributed by atoms with Crippen LogP contribution in [0.15, 0.2) is 48.5 Å². The summed E-state index contributed by atoms with van der Waals surface area (Å²) in [5.41, 5.74) is 1.18. The average Bonchev–Trinajstić information content (AvgIpc) is 2.91. The summed E-state index contributed by atoms with van der Waals surface area (Å²) in [7, 11) is 1.31. The number of carbonyl (C=O) groups is 2. The third-order valence-corrected chi connectivity index (χ3v) is 3.68. The van der Waals surface area contributed by atoms with Gasteiger partial charge in [-0.1, -0.05) is 6.07 Å². The zero-order valence-electron chi connectivity index (χ0n) is 14.3. The van der Waals surface area contributed by atoms with Gasteiger partial charge in [-0.25, -0.2) is 9.59 Å². The molecule has 0 saturated carbocycles. The maximum Gasteiger partial charge on any atom is 0.337 e. The lowest BCUT2D eigenvalue weighted by atomic mass is 10.2. The van der Waals surface area contributed by atoms with Crippen LogP contribution < -0.4 is 14.2 Å². The molecule has 3 rings (SSSR count). The summed E-state index contributed by atoms with van der Waals surface area (Å²) >= 11 is 0.